The van der Waals surface area contributed by atoms with Crippen molar-refractivity contribution >= 4 is 33.5 Å². The van der Waals surface area contributed by atoms with Gasteiger partial charge in [0.2, 0.25) is 5.91 Å². The van der Waals surface area contributed by atoms with Crippen LogP contribution in [-0.4, -0.2) is 58.0 Å². The average Bonchev–Trinajstić information content (AvgIpc) is 3.21. The summed E-state index contributed by atoms with van der Waals surface area (Å²) in [7, 11) is 0. The van der Waals surface area contributed by atoms with Crippen LogP contribution in [0.4, 0.5) is 0 Å². The monoisotopic (exact) mass is 394 g/mol. The predicted molar refractivity (Wildman–Crippen MR) is 112 cm³/mol. The summed E-state index contributed by atoms with van der Waals surface area (Å²) in [6, 6.07) is 12.0. The summed E-state index contributed by atoms with van der Waals surface area (Å²) in [4.78, 5) is 33.5. The van der Waals surface area contributed by atoms with Crippen LogP contribution < -0.4 is 5.56 Å². The molecule has 6 nitrogen and oxygen atoms in total. The van der Waals surface area contributed by atoms with Crippen molar-refractivity contribution in [2.75, 3.05) is 32.7 Å². The van der Waals surface area contributed by atoms with Crippen LogP contribution in [0.2, 0.25) is 0 Å². The SMILES string of the molecule is O=C(Cn1cnc2ccsc2c1=O)N1CCN(C/C=C/c2ccccc2)CC1. The molecule has 0 N–H and O–H groups in total. The molecule has 1 fully saturated rings. The lowest BCUT2D eigenvalue weighted by atomic mass is 10.2. The summed E-state index contributed by atoms with van der Waals surface area (Å²) in [6.45, 7) is 3.95. The lowest BCUT2D eigenvalue weighted by Crippen LogP contribution is -2.49. The van der Waals surface area contributed by atoms with Gasteiger partial charge >= 0.3 is 0 Å². The zero-order chi connectivity index (χ0) is 19.3. The Kier molecular flexibility index (Phi) is 5.64. The van der Waals surface area contributed by atoms with Crippen molar-refractivity contribution in [1.29, 1.82) is 0 Å². The van der Waals surface area contributed by atoms with Gasteiger partial charge in [-0.1, -0.05) is 42.5 Å². The number of carbonyl (C=O) groups excluding carboxylic acids is 1. The number of carbonyl (C=O) groups is 1. The summed E-state index contributed by atoms with van der Waals surface area (Å²) < 4.78 is 2.01. The topological polar surface area (TPSA) is 58.4 Å². The zero-order valence-corrected chi connectivity index (χ0v) is 16.3. The van der Waals surface area contributed by atoms with Crippen LogP contribution >= 0.6 is 11.3 Å². The summed E-state index contributed by atoms with van der Waals surface area (Å²) in [6.07, 6.45) is 5.76. The molecule has 28 heavy (non-hydrogen) atoms. The van der Waals surface area contributed by atoms with E-state index in [4.69, 9.17) is 0 Å². The molecule has 0 bridgehead atoms. The Labute approximate surface area is 167 Å². The molecule has 0 unspecified atom stereocenters. The van der Waals surface area contributed by atoms with E-state index in [0.717, 1.165) is 19.6 Å². The second kappa shape index (κ2) is 8.50. The van der Waals surface area contributed by atoms with Gasteiger partial charge in [0.15, 0.2) is 0 Å². The molecule has 0 aliphatic carbocycles. The van der Waals surface area contributed by atoms with Crippen LogP contribution in [0.25, 0.3) is 16.3 Å². The first kappa shape index (κ1) is 18.6. The minimum absolute atomic E-state index is 0.0284. The number of amides is 1. The van der Waals surface area contributed by atoms with Crippen LogP contribution in [0, 0.1) is 0 Å². The summed E-state index contributed by atoms with van der Waals surface area (Å²) in [5, 5.41) is 1.84. The van der Waals surface area contributed by atoms with Crippen LogP contribution in [-0.2, 0) is 11.3 Å². The van der Waals surface area contributed by atoms with Gasteiger partial charge in [-0.2, -0.15) is 0 Å². The standard InChI is InChI=1S/C21H22N4O2S/c26-19(15-25-16-22-18-8-14-28-20(18)21(25)27)24-12-10-23(11-13-24)9-4-7-17-5-2-1-3-6-17/h1-8,14,16H,9-13,15H2/b7-4+. The fourth-order valence-electron chi connectivity index (χ4n) is 3.32. The molecule has 1 amide bonds. The van der Waals surface area contributed by atoms with Gasteiger partial charge < -0.3 is 4.90 Å². The summed E-state index contributed by atoms with van der Waals surface area (Å²) in [5.74, 6) is -0.0284. The first-order valence-corrected chi connectivity index (χ1v) is 10.2. The van der Waals surface area contributed by atoms with E-state index in [0.29, 0.717) is 23.3 Å². The average molecular weight is 395 g/mol. The van der Waals surface area contributed by atoms with E-state index in [1.54, 1.807) is 0 Å². The van der Waals surface area contributed by atoms with Gasteiger partial charge in [-0.3, -0.25) is 19.1 Å². The number of nitrogens with zero attached hydrogens (tertiary/aromatic N) is 4. The Hall–Kier alpha value is -2.77. The minimum Gasteiger partial charge on any atom is -0.339 e. The molecule has 0 atom stereocenters. The highest BCUT2D eigenvalue weighted by atomic mass is 32.1. The van der Waals surface area contributed by atoms with Crippen molar-refractivity contribution in [2.24, 2.45) is 0 Å². The quantitative estimate of drug-likeness (QED) is 0.666. The Morgan fingerprint density at radius 3 is 2.68 bits per heavy atom. The van der Waals surface area contributed by atoms with Gasteiger partial charge in [0.25, 0.3) is 5.56 Å². The third-order valence-electron chi connectivity index (χ3n) is 4.94. The number of fused-ring (bicyclic) bond motifs is 1. The van der Waals surface area contributed by atoms with E-state index in [-0.39, 0.29) is 18.0 Å². The molecule has 7 heteroatoms. The molecular weight excluding hydrogens is 372 g/mol. The lowest BCUT2D eigenvalue weighted by molar-refractivity contribution is -0.133. The Balaban J connectivity index is 1.29. The molecule has 1 saturated heterocycles. The molecule has 0 radical (unpaired) electrons. The number of aromatic nitrogens is 2. The summed E-state index contributed by atoms with van der Waals surface area (Å²) in [5.41, 5.74) is 1.74. The molecule has 3 heterocycles. The minimum atomic E-state index is -0.141. The van der Waals surface area contributed by atoms with Gasteiger partial charge in [-0.15, -0.1) is 11.3 Å². The third kappa shape index (κ3) is 4.21. The molecule has 0 saturated carbocycles. The molecular formula is C21H22N4O2S. The van der Waals surface area contributed by atoms with Gasteiger partial charge in [-0.25, -0.2) is 4.98 Å². The fourth-order valence-corrected chi connectivity index (χ4v) is 4.11. The van der Waals surface area contributed by atoms with Crippen LogP contribution in [0.15, 0.2) is 59.0 Å². The van der Waals surface area contributed by atoms with E-state index >= 15 is 0 Å². The predicted octanol–water partition coefficient (Wildman–Crippen LogP) is 2.32. The number of benzene rings is 1. The number of hydrogen-bond donors (Lipinski definition) is 0. The van der Waals surface area contributed by atoms with Crippen LogP contribution in [0.5, 0.6) is 0 Å². The number of thiophene rings is 1. The highest BCUT2D eigenvalue weighted by Crippen LogP contribution is 2.13. The van der Waals surface area contributed by atoms with E-state index < -0.39 is 0 Å². The van der Waals surface area contributed by atoms with E-state index in [2.05, 4.69) is 34.2 Å². The van der Waals surface area contributed by atoms with Gasteiger partial charge in [0.1, 0.15) is 11.2 Å². The molecule has 2 aromatic heterocycles. The van der Waals surface area contributed by atoms with Crippen molar-refractivity contribution in [3.05, 3.63) is 70.1 Å². The maximum Gasteiger partial charge on any atom is 0.271 e. The maximum absolute atomic E-state index is 12.6. The third-order valence-corrected chi connectivity index (χ3v) is 5.83. The molecule has 1 aliphatic rings. The summed E-state index contributed by atoms with van der Waals surface area (Å²) >= 11 is 1.36. The fraction of sp³-hybridized carbons (Fsp3) is 0.286. The van der Waals surface area contributed by atoms with Gasteiger partial charge in [0.05, 0.1) is 11.8 Å². The second-order valence-electron chi connectivity index (χ2n) is 6.81. The Bertz CT molecular complexity index is 1030. The molecule has 3 aromatic rings. The van der Waals surface area contributed by atoms with Crippen molar-refractivity contribution in [3.8, 4) is 0 Å². The molecule has 1 aromatic carbocycles. The number of rotatable bonds is 5. The molecule has 144 valence electrons. The number of piperazine rings is 1. The maximum atomic E-state index is 12.6. The number of hydrogen-bond acceptors (Lipinski definition) is 5. The Morgan fingerprint density at radius 2 is 1.89 bits per heavy atom. The molecule has 0 spiro atoms. The van der Waals surface area contributed by atoms with E-state index in [1.807, 2.05) is 34.5 Å². The lowest BCUT2D eigenvalue weighted by Gasteiger charge is -2.34. The second-order valence-corrected chi connectivity index (χ2v) is 7.72. The normalized spacial score (nSPS) is 15.5. The first-order chi connectivity index (χ1) is 13.7. The first-order valence-electron chi connectivity index (χ1n) is 9.35. The van der Waals surface area contributed by atoms with Crippen LogP contribution in [0.3, 0.4) is 0 Å². The molecule has 1 aliphatic heterocycles. The van der Waals surface area contributed by atoms with Crippen LogP contribution in [0.1, 0.15) is 5.56 Å². The van der Waals surface area contributed by atoms with Gasteiger partial charge in [0, 0.05) is 32.7 Å². The Morgan fingerprint density at radius 1 is 1.11 bits per heavy atom. The highest BCUT2D eigenvalue weighted by molar-refractivity contribution is 7.17. The van der Waals surface area contributed by atoms with E-state index in [1.165, 1.54) is 27.8 Å². The zero-order valence-electron chi connectivity index (χ0n) is 15.5. The van der Waals surface area contributed by atoms with Crippen molar-refractivity contribution in [1.82, 2.24) is 19.4 Å². The van der Waals surface area contributed by atoms with Crippen molar-refractivity contribution in [2.45, 2.75) is 6.54 Å². The van der Waals surface area contributed by atoms with Crippen molar-refractivity contribution in [3.63, 3.8) is 0 Å². The smallest absolute Gasteiger partial charge is 0.271 e. The van der Waals surface area contributed by atoms with Gasteiger partial charge in [-0.05, 0) is 17.0 Å². The van der Waals surface area contributed by atoms with E-state index in [9.17, 15) is 9.59 Å². The van der Waals surface area contributed by atoms with Crippen molar-refractivity contribution < 1.29 is 4.79 Å². The molecule has 4 rings (SSSR count). The highest BCUT2D eigenvalue weighted by Gasteiger charge is 2.21. The largest absolute Gasteiger partial charge is 0.339 e.